The molecule has 1 aromatic carbocycles. The lowest BCUT2D eigenvalue weighted by atomic mass is 9.97. The highest BCUT2D eigenvalue weighted by atomic mass is 19.4. The molecule has 5 heteroatoms. The van der Waals surface area contributed by atoms with Crippen LogP contribution in [0.25, 0.3) is 0 Å². The molecule has 1 aromatic rings. The summed E-state index contributed by atoms with van der Waals surface area (Å²) in [6.07, 6.45) is -3.69. The average molecular weight is 250 g/mol. The van der Waals surface area contributed by atoms with Crippen LogP contribution in [-0.4, -0.2) is 11.7 Å². The molecule has 1 unspecified atom stereocenters. The van der Waals surface area contributed by atoms with Gasteiger partial charge in [-0.2, -0.15) is 13.2 Å². The normalized spacial score (nSPS) is 13.8. The zero-order valence-electron chi connectivity index (χ0n) is 9.39. The summed E-state index contributed by atoms with van der Waals surface area (Å²) in [5.41, 5.74) is -0.729. The molecule has 0 saturated heterocycles. The Balaban J connectivity index is 2.83. The van der Waals surface area contributed by atoms with Crippen molar-refractivity contribution in [2.75, 3.05) is 6.61 Å². The Labute approximate surface area is 97.1 Å². The molecule has 0 aliphatic heterocycles. The topological polar surface area (TPSA) is 20.2 Å². The van der Waals surface area contributed by atoms with E-state index >= 15 is 0 Å². The molecule has 0 amide bonds. The first-order valence-electron chi connectivity index (χ1n) is 5.31. The van der Waals surface area contributed by atoms with E-state index in [1.165, 1.54) is 0 Å². The molecule has 0 aliphatic rings. The highest BCUT2D eigenvalue weighted by Gasteiger charge is 2.31. The second-order valence-corrected chi connectivity index (χ2v) is 4.13. The number of hydrogen-bond acceptors (Lipinski definition) is 1. The van der Waals surface area contributed by atoms with Crippen molar-refractivity contribution in [2.24, 2.45) is 5.92 Å². The minimum absolute atomic E-state index is 0.0105. The quantitative estimate of drug-likeness (QED) is 0.812. The Morgan fingerprint density at radius 1 is 1.29 bits per heavy atom. The van der Waals surface area contributed by atoms with Gasteiger partial charge >= 0.3 is 6.18 Å². The Kier molecular flexibility index (Phi) is 4.51. The summed E-state index contributed by atoms with van der Waals surface area (Å²) in [6, 6.07) is 2.55. The van der Waals surface area contributed by atoms with Gasteiger partial charge in [-0.3, -0.25) is 0 Å². The van der Waals surface area contributed by atoms with Crippen molar-refractivity contribution in [3.05, 3.63) is 35.1 Å². The van der Waals surface area contributed by atoms with Crippen LogP contribution in [0.15, 0.2) is 18.2 Å². The highest BCUT2D eigenvalue weighted by Crippen LogP contribution is 2.30. The fraction of sp³-hybridized carbons (Fsp3) is 0.500. The van der Waals surface area contributed by atoms with E-state index < -0.39 is 17.6 Å². The molecule has 96 valence electrons. The second kappa shape index (κ2) is 5.49. The molecule has 1 rings (SSSR count). The van der Waals surface area contributed by atoms with Crippen LogP contribution in [0, 0.1) is 11.7 Å². The Morgan fingerprint density at radius 3 is 2.41 bits per heavy atom. The number of aliphatic hydroxyl groups is 1. The van der Waals surface area contributed by atoms with Crippen LogP contribution in [0.3, 0.4) is 0 Å². The zero-order valence-corrected chi connectivity index (χ0v) is 9.39. The van der Waals surface area contributed by atoms with E-state index in [9.17, 15) is 17.6 Å². The second-order valence-electron chi connectivity index (χ2n) is 4.13. The van der Waals surface area contributed by atoms with Gasteiger partial charge in [-0.25, -0.2) is 4.39 Å². The molecule has 1 nitrogen and oxygen atoms in total. The van der Waals surface area contributed by atoms with Crippen LogP contribution in [0.4, 0.5) is 17.6 Å². The fourth-order valence-corrected chi connectivity index (χ4v) is 1.59. The number of hydrogen-bond donors (Lipinski definition) is 1. The molecule has 0 saturated carbocycles. The van der Waals surface area contributed by atoms with E-state index in [-0.39, 0.29) is 18.1 Å². The first-order valence-corrected chi connectivity index (χ1v) is 5.31. The first-order chi connectivity index (χ1) is 7.84. The third-order valence-corrected chi connectivity index (χ3v) is 2.57. The van der Waals surface area contributed by atoms with Crippen LogP contribution < -0.4 is 0 Å². The maximum Gasteiger partial charge on any atom is 0.416 e. The van der Waals surface area contributed by atoms with E-state index in [1.54, 1.807) is 0 Å². The van der Waals surface area contributed by atoms with Crippen LogP contribution in [0.2, 0.25) is 0 Å². The molecule has 1 atom stereocenters. The van der Waals surface area contributed by atoms with E-state index in [0.29, 0.717) is 18.9 Å². The zero-order chi connectivity index (χ0) is 13.1. The summed E-state index contributed by atoms with van der Waals surface area (Å²) in [5.74, 6) is -0.809. The molecule has 17 heavy (non-hydrogen) atoms. The number of aliphatic hydroxyl groups excluding tert-OH is 1. The van der Waals surface area contributed by atoms with Gasteiger partial charge in [-0.05, 0) is 36.5 Å². The molecule has 0 spiro atoms. The van der Waals surface area contributed by atoms with Gasteiger partial charge in [0.1, 0.15) is 5.82 Å². The Hall–Kier alpha value is -1.10. The third-order valence-electron chi connectivity index (χ3n) is 2.57. The summed E-state index contributed by atoms with van der Waals surface area (Å²) < 4.78 is 50.3. The van der Waals surface area contributed by atoms with Gasteiger partial charge < -0.3 is 5.11 Å². The molecule has 0 bridgehead atoms. The van der Waals surface area contributed by atoms with Crippen LogP contribution in [0.1, 0.15) is 24.5 Å². The lowest BCUT2D eigenvalue weighted by molar-refractivity contribution is -0.137. The molecule has 0 heterocycles. The number of halogens is 4. The van der Waals surface area contributed by atoms with Gasteiger partial charge in [-0.1, -0.05) is 13.0 Å². The maximum absolute atomic E-state index is 13.4. The predicted molar refractivity (Wildman–Crippen MR) is 56.0 cm³/mol. The van der Waals surface area contributed by atoms with Crippen molar-refractivity contribution in [3.63, 3.8) is 0 Å². The molecule has 0 aromatic heterocycles. The van der Waals surface area contributed by atoms with Gasteiger partial charge in [0, 0.05) is 6.61 Å². The van der Waals surface area contributed by atoms with Crippen LogP contribution >= 0.6 is 0 Å². The van der Waals surface area contributed by atoms with Crippen molar-refractivity contribution in [3.8, 4) is 0 Å². The summed E-state index contributed by atoms with van der Waals surface area (Å²) >= 11 is 0. The lowest BCUT2D eigenvalue weighted by Crippen LogP contribution is -2.08. The average Bonchev–Trinajstić information content (AvgIpc) is 2.20. The van der Waals surface area contributed by atoms with Crippen molar-refractivity contribution >= 4 is 0 Å². The monoisotopic (exact) mass is 250 g/mol. The summed E-state index contributed by atoms with van der Waals surface area (Å²) in [6.45, 7) is 1.80. The molecule has 0 radical (unpaired) electrons. The predicted octanol–water partition coefficient (Wildman–Crippen LogP) is 3.41. The standard InChI is InChI=1S/C12H14F4O/c1-8(4-5-17)6-9-2-3-10(7-11(9)13)12(14,15)16/h2-3,7-8,17H,4-6H2,1H3. The van der Waals surface area contributed by atoms with Gasteiger partial charge in [0.05, 0.1) is 5.56 Å². The summed E-state index contributed by atoms with van der Waals surface area (Å²) in [5, 5.41) is 8.69. The van der Waals surface area contributed by atoms with Crippen molar-refractivity contribution in [2.45, 2.75) is 25.9 Å². The smallest absolute Gasteiger partial charge is 0.396 e. The van der Waals surface area contributed by atoms with Crippen molar-refractivity contribution in [1.82, 2.24) is 0 Å². The van der Waals surface area contributed by atoms with Crippen LogP contribution in [-0.2, 0) is 12.6 Å². The number of rotatable bonds is 4. The largest absolute Gasteiger partial charge is 0.416 e. The van der Waals surface area contributed by atoms with Gasteiger partial charge in [0.25, 0.3) is 0 Å². The molecule has 0 fully saturated rings. The lowest BCUT2D eigenvalue weighted by Gasteiger charge is -2.12. The highest BCUT2D eigenvalue weighted by molar-refractivity contribution is 5.26. The fourth-order valence-electron chi connectivity index (χ4n) is 1.59. The van der Waals surface area contributed by atoms with E-state index in [4.69, 9.17) is 5.11 Å². The number of benzene rings is 1. The van der Waals surface area contributed by atoms with Gasteiger partial charge in [-0.15, -0.1) is 0 Å². The minimum atomic E-state index is -4.52. The Bertz CT molecular complexity index is 373. The Morgan fingerprint density at radius 2 is 1.94 bits per heavy atom. The minimum Gasteiger partial charge on any atom is -0.396 e. The first kappa shape index (κ1) is 14.0. The molecular formula is C12H14F4O. The van der Waals surface area contributed by atoms with Crippen LogP contribution in [0.5, 0.6) is 0 Å². The summed E-state index contributed by atoms with van der Waals surface area (Å²) in [7, 11) is 0. The molecule has 0 aliphatic carbocycles. The SMILES string of the molecule is CC(CCO)Cc1ccc(C(F)(F)F)cc1F. The van der Waals surface area contributed by atoms with E-state index in [2.05, 4.69) is 0 Å². The molecule has 1 N–H and O–H groups in total. The maximum atomic E-state index is 13.4. The van der Waals surface area contributed by atoms with Gasteiger partial charge in [0.2, 0.25) is 0 Å². The summed E-state index contributed by atoms with van der Waals surface area (Å²) in [4.78, 5) is 0. The van der Waals surface area contributed by atoms with Crippen molar-refractivity contribution in [1.29, 1.82) is 0 Å². The van der Waals surface area contributed by atoms with E-state index in [0.717, 1.165) is 12.1 Å². The van der Waals surface area contributed by atoms with Crippen molar-refractivity contribution < 1.29 is 22.7 Å². The third kappa shape index (κ3) is 4.00. The molecular weight excluding hydrogens is 236 g/mol. The van der Waals surface area contributed by atoms with E-state index in [1.807, 2.05) is 6.92 Å². The van der Waals surface area contributed by atoms with Gasteiger partial charge in [0.15, 0.2) is 0 Å². The number of alkyl halides is 3.